The van der Waals surface area contributed by atoms with E-state index in [0.717, 1.165) is 0 Å². The highest BCUT2D eigenvalue weighted by atomic mass is 19.3. The summed E-state index contributed by atoms with van der Waals surface area (Å²) in [5.41, 5.74) is 5.14. The van der Waals surface area contributed by atoms with Crippen LogP contribution in [0.5, 0.6) is 0 Å². The molecule has 1 rings (SSSR count). The second-order valence-electron chi connectivity index (χ2n) is 2.56. The molecule has 1 aromatic heterocycles. The van der Waals surface area contributed by atoms with Crippen molar-refractivity contribution >= 4 is 0 Å². The summed E-state index contributed by atoms with van der Waals surface area (Å²) in [7, 11) is 0. The molecular weight excluding hydrogens is 164 g/mol. The quantitative estimate of drug-likeness (QED) is 0.737. The third kappa shape index (κ3) is 2.58. The molecule has 1 heterocycles. The van der Waals surface area contributed by atoms with Crippen molar-refractivity contribution in [3.63, 3.8) is 0 Å². The summed E-state index contributed by atoms with van der Waals surface area (Å²) in [5.74, 6) is 0. The van der Waals surface area contributed by atoms with E-state index in [1.807, 2.05) is 0 Å². The van der Waals surface area contributed by atoms with Gasteiger partial charge in [0, 0.05) is 18.9 Å². The van der Waals surface area contributed by atoms with Crippen LogP contribution in [0.2, 0.25) is 0 Å². The molecule has 1 aromatic rings. The zero-order valence-corrected chi connectivity index (χ0v) is 6.53. The van der Waals surface area contributed by atoms with E-state index >= 15 is 0 Å². The molecule has 12 heavy (non-hydrogen) atoms. The first-order chi connectivity index (χ1) is 5.70. The van der Waals surface area contributed by atoms with Crippen LogP contribution in [0.4, 0.5) is 8.78 Å². The Morgan fingerprint density at radius 3 is 2.75 bits per heavy atom. The summed E-state index contributed by atoms with van der Waals surface area (Å²) in [6.45, 7) is 0.443. The van der Waals surface area contributed by atoms with Crippen molar-refractivity contribution in [2.24, 2.45) is 5.73 Å². The molecule has 0 saturated carbocycles. The average molecular weight is 175 g/mol. The third-order valence-electron chi connectivity index (χ3n) is 1.57. The number of rotatable bonds is 4. The van der Waals surface area contributed by atoms with Crippen LogP contribution in [0.3, 0.4) is 0 Å². The molecule has 3 nitrogen and oxygen atoms in total. The van der Waals surface area contributed by atoms with Crippen LogP contribution >= 0.6 is 0 Å². The number of aryl methyl sites for hydroxylation is 1. The van der Waals surface area contributed by atoms with E-state index in [1.54, 1.807) is 23.1 Å². The zero-order valence-electron chi connectivity index (χ0n) is 6.53. The molecule has 0 aromatic carbocycles. The number of halogens is 2. The van der Waals surface area contributed by atoms with Crippen LogP contribution in [0, 0.1) is 0 Å². The SMILES string of the molecule is NC(CCn1cccn1)C(F)F. The van der Waals surface area contributed by atoms with Crippen LogP contribution in [0.25, 0.3) is 0 Å². The molecule has 0 aliphatic rings. The second kappa shape index (κ2) is 4.15. The first kappa shape index (κ1) is 9.12. The highest BCUT2D eigenvalue weighted by molar-refractivity contribution is 4.78. The molecule has 0 saturated heterocycles. The normalized spacial score (nSPS) is 13.7. The molecule has 68 valence electrons. The summed E-state index contributed by atoms with van der Waals surface area (Å²) < 4.78 is 25.4. The van der Waals surface area contributed by atoms with Gasteiger partial charge < -0.3 is 5.73 Å². The minimum absolute atomic E-state index is 0.249. The molecule has 0 fully saturated rings. The topological polar surface area (TPSA) is 43.8 Å². The Morgan fingerprint density at radius 2 is 2.25 bits per heavy atom. The van der Waals surface area contributed by atoms with Crippen LogP contribution < -0.4 is 5.73 Å². The number of alkyl halides is 2. The van der Waals surface area contributed by atoms with Gasteiger partial charge in [0.2, 0.25) is 0 Å². The van der Waals surface area contributed by atoms with Crippen LogP contribution in [0.1, 0.15) is 6.42 Å². The van der Waals surface area contributed by atoms with Gasteiger partial charge in [0.25, 0.3) is 6.43 Å². The van der Waals surface area contributed by atoms with Gasteiger partial charge in [-0.15, -0.1) is 0 Å². The maximum Gasteiger partial charge on any atom is 0.253 e. The van der Waals surface area contributed by atoms with Crippen molar-refractivity contribution in [3.8, 4) is 0 Å². The highest BCUT2D eigenvalue weighted by Gasteiger charge is 2.14. The summed E-state index contributed by atoms with van der Waals surface area (Å²) >= 11 is 0. The molecule has 0 spiro atoms. The van der Waals surface area contributed by atoms with Crippen LogP contribution in [-0.4, -0.2) is 22.2 Å². The van der Waals surface area contributed by atoms with Gasteiger partial charge in [-0.2, -0.15) is 5.10 Å². The summed E-state index contributed by atoms with van der Waals surface area (Å²) in [6, 6.07) is 0.697. The number of nitrogens with two attached hydrogens (primary N) is 1. The minimum atomic E-state index is -2.44. The molecule has 0 bridgehead atoms. The summed E-state index contributed by atoms with van der Waals surface area (Å²) in [5, 5.41) is 3.86. The number of hydrogen-bond acceptors (Lipinski definition) is 2. The van der Waals surface area contributed by atoms with Gasteiger partial charge in [-0.05, 0) is 12.5 Å². The first-order valence-electron chi connectivity index (χ1n) is 3.71. The van der Waals surface area contributed by atoms with Gasteiger partial charge in [-0.1, -0.05) is 0 Å². The molecule has 5 heteroatoms. The Hall–Kier alpha value is -0.970. The lowest BCUT2D eigenvalue weighted by atomic mass is 10.2. The number of nitrogens with zero attached hydrogens (tertiary/aromatic N) is 2. The van der Waals surface area contributed by atoms with Crippen LogP contribution in [-0.2, 0) is 6.54 Å². The van der Waals surface area contributed by atoms with Gasteiger partial charge in [0.15, 0.2) is 0 Å². The van der Waals surface area contributed by atoms with E-state index in [9.17, 15) is 8.78 Å². The van der Waals surface area contributed by atoms with Gasteiger partial charge in [-0.25, -0.2) is 8.78 Å². The molecule has 0 radical (unpaired) electrons. The van der Waals surface area contributed by atoms with E-state index < -0.39 is 12.5 Å². The zero-order chi connectivity index (χ0) is 8.97. The molecule has 0 amide bonds. The number of hydrogen-bond donors (Lipinski definition) is 1. The second-order valence-corrected chi connectivity index (χ2v) is 2.56. The Kier molecular flexibility index (Phi) is 3.16. The Bertz CT molecular complexity index is 210. The van der Waals surface area contributed by atoms with Crippen molar-refractivity contribution in [1.29, 1.82) is 0 Å². The molecule has 2 N–H and O–H groups in total. The lowest BCUT2D eigenvalue weighted by molar-refractivity contribution is 0.109. The molecule has 1 unspecified atom stereocenters. The third-order valence-corrected chi connectivity index (χ3v) is 1.57. The lowest BCUT2D eigenvalue weighted by Crippen LogP contribution is -2.29. The van der Waals surface area contributed by atoms with E-state index in [4.69, 9.17) is 5.73 Å². The Balaban J connectivity index is 2.27. The Labute approximate surface area is 69.2 Å². The van der Waals surface area contributed by atoms with Crippen molar-refractivity contribution < 1.29 is 8.78 Å². The maximum absolute atomic E-state index is 11.9. The largest absolute Gasteiger partial charge is 0.323 e. The Morgan fingerprint density at radius 1 is 1.50 bits per heavy atom. The van der Waals surface area contributed by atoms with Crippen molar-refractivity contribution in [1.82, 2.24) is 9.78 Å². The maximum atomic E-state index is 11.9. The molecule has 0 aliphatic heterocycles. The van der Waals surface area contributed by atoms with Crippen molar-refractivity contribution in [3.05, 3.63) is 18.5 Å². The van der Waals surface area contributed by atoms with Gasteiger partial charge in [0.05, 0.1) is 6.04 Å². The predicted octanol–water partition coefficient (Wildman–Crippen LogP) is 0.866. The number of aromatic nitrogens is 2. The van der Waals surface area contributed by atoms with E-state index in [-0.39, 0.29) is 6.42 Å². The monoisotopic (exact) mass is 175 g/mol. The fourth-order valence-corrected chi connectivity index (χ4v) is 0.840. The summed E-state index contributed by atoms with van der Waals surface area (Å²) in [4.78, 5) is 0. The smallest absolute Gasteiger partial charge is 0.253 e. The minimum Gasteiger partial charge on any atom is -0.323 e. The highest BCUT2D eigenvalue weighted by Crippen LogP contribution is 2.03. The fourth-order valence-electron chi connectivity index (χ4n) is 0.840. The van der Waals surface area contributed by atoms with E-state index in [1.165, 1.54) is 0 Å². The van der Waals surface area contributed by atoms with Gasteiger partial charge >= 0.3 is 0 Å². The van der Waals surface area contributed by atoms with Gasteiger partial charge in [-0.3, -0.25) is 4.68 Å². The van der Waals surface area contributed by atoms with Crippen LogP contribution in [0.15, 0.2) is 18.5 Å². The van der Waals surface area contributed by atoms with E-state index in [2.05, 4.69) is 5.10 Å². The lowest BCUT2D eigenvalue weighted by Gasteiger charge is -2.09. The standard InChI is InChI=1S/C7H11F2N3/c8-7(9)6(10)2-5-12-4-1-3-11-12/h1,3-4,6-7H,2,5,10H2. The summed E-state index contributed by atoms with van der Waals surface area (Å²) in [6.07, 6.45) is 1.13. The van der Waals surface area contributed by atoms with Gasteiger partial charge in [0.1, 0.15) is 0 Å². The van der Waals surface area contributed by atoms with Crippen molar-refractivity contribution in [2.45, 2.75) is 25.4 Å². The first-order valence-corrected chi connectivity index (χ1v) is 3.71. The molecule has 1 atom stereocenters. The van der Waals surface area contributed by atoms with E-state index in [0.29, 0.717) is 6.54 Å². The fraction of sp³-hybridized carbons (Fsp3) is 0.571. The van der Waals surface area contributed by atoms with Crippen molar-refractivity contribution in [2.75, 3.05) is 0 Å². The molecular formula is C7H11F2N3. The predicted molar refractivity (Wildman–Crippen MR) is 40.8 cm³/mol. The average Bonchev–Trinajstić information content (AvgIpc) is 2.51. The molecule has 0 aliphatic carbocycles.